The van der Waals surface area contributed by atoms with Crippen LogP contribution in [0.3, 0.4) is 0 Å². The fourth-order valence-corrected chi connectivity index (χ4v) is 4.75. The minimum atomic E-state index is -0.717. The molecular formula is C25H29Cl2N5O2. The standard InChI is InChI=1S/C25H29Cl2N5O2/c1-17-24(29-18(2)28-17)25(34)32(19-7-4-3-5-8-19)16-20(33)15-30-11-13-31(14-12-30)22-10-6-9-21(26)23(22)27/h3-10,20,33H,11-16H2,1-2H3,(H,28,29)/t20-/m0/s1. The number of nitrogens with zero attached hydrogens (tertiary/aromatic N) is 4. The summed E-state index contributed by atoms with van der Waals surface area (Å²) in [7, 11) is 0. The zero-order valence-electron chi connectivity index (χ0n) is 19.3. The van der Waals surface area contributed by atoms with Crippen molar-refractivity contribution in [3.63, 3.8) is 0 Å². The number of para-hydroxylation sites is 1. The lowest BCUT2D eigenvalue weighted by molar-refractivity contribution is 0.0908. The van der Waals surface area contributed by atoms with Crippen molar-refractivity contribution in [3.8, 4) is 0 Å². The summed E-state index contributed by atoms with van der Waals surface area (Å²) < 4.78 is 0. The Hall–Kier alpha value is -2.58. The lowest BCUT2D eigenvalue weighted by atomic mass is 10.2. The van der Waals surface area contributed by atoms with E-state index in [4.69, 9.17) is 23.2 Å². The first-order chi connectivity index (χ1) is 16.3. The molecule has 34 heavy (non-hydrogen) atoms. The predicted octanol–water partition coefficient (Wildman–Crippen LogP) is 4.16. The molecule has 2 heterocycles. The topological polar surface area (TPSA) is 75.7 Å². The second-order valence-corrected chi connectivity index (χ2v) is 9.35. The number of β-amino-alcohol motifs (C(OH)–C–C–N with tert-alkyl or cyclic N) is 1. The number of aromatic amines is 1. The molecule has 1 saturated heterocycles. The van der Waals surface area contributed by atoms with E-state index in [-0.39, 0.29) is 12.5 Å². The number of hydrogen-bond donors (Lipinski definition) is 2. The molecule has 1 amide bonds. The van der Waals surface area contributed by atoms with E-state index < -0.39 is 6.10 Å². The average molecular weight is 502 g/mol. The summed E-state index contributed by atoms with van der Waals surface area (Å²) in [6.07, 6.45) is -0.717. The Balaban J connectivity index is 1.40. The monoisotopic (exact) mass is 501 g/mol. The van der Waals surface area contributed by atoms with Crippen molar-refractivity contribution >= 4 is 40.5 Å². The summed E-state index contributed by atoms with van der Waals surface area (Å²) in [6.45, 7) is 7.40. The van der Waals surface area contributed by atoms with Gasteiger partial charge in [0.2, 0.25) is 0 Å². The third-order valence-electron chi connectivity index (χ3n) is 6.03. The molecule has 1 atom stereocenters. The van der Waals surface area contributed by atoms with Crippen LogP contribution in [0.25, 0.3) is 0 Å². The first kappa shape index (κ1) is 24.5. The zero-order valence-corrected chi connectivity index (χ0v) is 20.9. The number of hydrogen-bond acceptors (Lipinski definition) is 5. The smallest absolute Gasteiger partial charge is 0.278 e. The van der Waals surface area contributed by atoms with E-state index in [9.17, 15) is 9.90 Å². The molecule has 0 unspecified atom stereocenters. The van der Waals surface area contributed by atoms with E-state index in [1.807, 2.05) is 56.3 Å². The number of aliphatic hydroxyl groups excluding tert-OH is 1. The summed E-state index contributed by atoms with van der Waals surface area (Å²) in [4.78, 5) is 26.8. The average Bonchev–Trinajstić information content (AvgIpc) is 3.18. The summed E-state index contributed by atoms with van der Waals surface area (Å²) in [5, 5.41) is 12.1. The number of nitrogens with one attached hydrogen (secondary N) is 1. The van der Waals surface area contributed by atoms with E-state index in [2.05, 4.69) is 19.8 Å². The van der Waals surface area contributed by atoms with Gasteiger partial charge >= 0.3 is 0 Å². The molecule has 0 aliphatic carbocycles. The van der Waals surface area contributed by atoms with Gasteiger partial charge in [-0.15, -0.1) is 0 Å². The Morgan fingerprint density at radius 3 is 2.44 bits per heavy atom. The maximum atomic E-state index is 13.4. The van der Waals surface area contributed by atoms with Crippen LogP contribution in [0.5, 0.6) is 0 Å². The van der Waals surface area contributed by atoms with Gasteiger partial charge in [-0.3, -0.25) is 9.69 Å². The minimum absolute atomic E-state index is 0.175. The lowest BCUT2D eigenvalue weighted by Crippen LogP contribution is -2.50. The van der Waals surface area contributed by atoms with Crippen LogP contribution in [0.1, 0.15) is 22.0 Å². The van der Waals surface area contributed by atoms with Crippen molar-refractivity contribution in [2.75, 3.05) is 49.1 Å². The summed E-state index contributed by atoms with van der Waals surface area (Å²) in [5.74, 6) is 0.458. The molecular weight excluding hydrogens is 473 g/mol. The summed E-state index contributed by atoms with van der Waals surface area (Å²) in [6, 6.07) is 15.1. The van der Waals surface area contributed by atoms with Gasteiger partial charge in [0, 0.05) is 44.1 Å². The number of imidazole rings is 1. The molecule has 2 aromatic carbocycles. The number of aliphatic hydroxyl groups is 1. The summed E-state index contributed by atoms with van der Waals surface area (Å²) >= 11 is 12.6. The van der Waals surface area contributed by atoms with Crippen LogP contribution in [-0.4, -0.2) is 71.3 Å². The molecule has 7 nitrogen and oxygen atoms in total. The Bertz CT molecular complexity index is 1130. The highest BCUT2D eigenvalue weighted by Crippen LogP contribution is 2.32. The van der Waals surface area contributed by atoms with Crippen molar-refractivity contribution < 1.29 is 9.90 Å². The van der Waals surface area contributed by atoms with Gasteiger partial charge in [0.15, 0.2) is 0 Å². The summed E-state index contributed by atoms with van der Waals surface area (Å²) in [5.41, 5.74) is 2.75. The van der Waals surface area contributed by atoms with Gasteiger partial charge in [-0.2, -0.15) is 0 Å². The number of carbonyl (C=O) groups excluding carboxylic acids is 1. The van der Waals surface area contributed by atoms with Gasteiger partial charge in [-0.05, 0) is 38.1 Å². The van der Waals surface area contributed by atoms with E-state index in [0.717, 1.165) is 37.6 Å². The molecule has 180 valence electrons. The molecule has 4 rings (SSSR count). The molecule has 3 aromatic rings. The first-order valence-corrected chi connectivity index (χ1v) is 12.1. The molecule has 1 aromatic heterocycles. The minimum Gasteiger partial charge on any atom is -0.390 e. The predicted molar refractivity (Wildman–Crippen MR) is 137 cm³/mol. The number of H-pyrrole nitrogens is 1. The quantitative estimate of drug-likeness (QED) is 0.508. The second-order valence-electron chi connectivity index (χ2n) is 8.56. The van der Waals surface area contributed by atoms with Crippen LogP contribution in [0.4, 0.5) is 11.4 Å². The fourth-order valence-electron chi connectivity index (χ4n) is 4.33. The third-order valence-corrected chi connectivity index (χ3v) is 6.83. The van der Waals surface area contributed by atoms with E-state index in [0.29, 0.717) is 33.8 Å². The number of anilines is 2. The van der Waals surface area contributed by atoms with Crippen molar-refractivity contribution in [2.24, 2.45) is 0 Å². The van der Waals surface area contributed by atoms with Gasteiger partial charge in [-0.1, -0.05) is 47.5 Å². The highest BCUT2D eigenvalue weighted by Gasteiger charge is 2.27. The van der Waals surface area contributed by atoms with E-state index in [1.54, 1.807) is 11.0 Å². The number of halogens is 2. The Kier molecular flexibility index (Phi) is 7.78. The van der Waals surface area contributed by atoms with Crippen LogP contribution in [-0.2, 0) is 0 Å². The molecule has 0 bridgehead atoms. The number of aromatic nitrogens is 2. The highest BCUT2D eigenvalue weighted by atomic mass is 35.5. The van der Waals surface area contributed by atoms with Crippen molar-refractivity contribution in [1.29, 1.82) is 0 Å². The van der Waals surface area contributed by atoms with Gasteiger partial charge in [0.25, 0.3) is 5.91 Å². The molecule has 9 heteroatoms. The molecule has 1 aliphatic rings. The number of aryl methyl sites for hydroxylation is 2. The molecule has 1 aliphatic heterocycles. The maximum absolute atomic E-state index is 13.4. The second kappa shape index (κ2) is 10.8. The zero-order chi connectivity index (χ0) is 24.2. The van der Waals surface area contributed by atoms with Crippen molar-refractivity contribution in [3.05, 3.63) is 75.8 Å². The van der Waals surface area contributed by atoms with Crippen LogP contribution < -0.4 is 9.80 Å². The Labute approximate surface area is 209 Å². The number of piperazine rings is 1. The Morgan fingerprint density at radius 1 is 1.09 bits per heavy atom. The van der Waals surface area contributed by atoms with Gasteiger partial charge in [-0.25, -0.2) is 4.98 Å². The number of carbonyl (C=O) groups is 1. The molecule has 2 N–H and O–H groups in total. The Morgan fingerprint density at radius 2 is 1.79 bits per heavy atom. The third kappa shape index (κ3) is 5.55. The normalized spacial score (nSPS) is 15.4. The van der Waals surface area contributed by atoms with E-state index in [1.165, 1.54) is 0 Å². The maximum Gasteiger partial charge on any atom is 0.278 e. The molecule has 0 spiro atoms. The molecule has 1 fully saturated rings. The van der Waals surface area contributed by atoms with Crippen molar-refractivity contribution in [1.82, 2.24) is 14.9 Å². The van der Waals surface area contributed by atoms with E-state index >= 15 is 0 Å². The number of rotatable bonds is 7. The van der Waals surface area contributed by atoms with Gasteiger partial charge in [0.05, 0.1) is 28.4 Å². The molecule has 0 radical (unpaired) electrons. The van der Waals surface area contributed by atoms with Gasteiger partial charge in [0.1, 0.15) is 11.5 Å². The first-order valence-electron chi connectivity index (χ1n) is 11.3. The van der Waals surface area contributed by atoms with Gasteiger partial charge < -0.3 is 19.9 Å². The van der Waals surface area contributed by atoms with Crippen LogP contribution in [0, 0.1) is 13.8 Å². The SMILES string of the molecule is Cc1nc(C(=O)N(C[C@@H](O)CN2CCN(c3cccc(Cl)c3Cl)CC2)c2ccccc2)c(C)[nH]1. The van der Waals surface area contributed by atoms with Crippen LogP contribution in [0.15, 0.2) is 48.5 Å². The number of amides is 1. The van der Waals surface area contributed by atoms with Crippen LogP contribution in [0.2, 0.25) is 10.0 Å². The lowest BCUT2D eigenvalue weighted by Gasteiger charge is -2.37. The van der Waals surface area contributed by atoms with Crippen LogP contribution >= 0.6 is 23.2 Å². The molecule has 0 saturated carbocycles. The fraction of sp³-hybridized carbons (Fsp3) is 0.360. The largest absolute Gasteiger partial charge is 0.390 e. The number of benzene rings is 2. The van der Waals surface area contributed by atoms with Crippen molar-refractivity contribution in [2.45, 2.75) is 20.0 Å². The highest BCUT2D eigenvalue weighted by molar-refractivity contribution is 6.43.